The van der Waals surface area contributed by atoms with Gasteiger partial charge in [0.1, 0.15) is 11.3 Å². The van der Waals surface area contributed by atoms with Gasteiger partial charge in [-0.25, -0.2) is 0 Å². The molecular formula is C17H17N5O2. The van der Waals surface area contributed by atoms with Crippen LogP contribution in [-0.4, -0.2) is 36.4 Å². The first-order valence-electron chi connectivity index (χ1n) is 7.89. The van der Waals surface area contributed by atoms with E-state index >= 15 is 0 Å². The molecule has 0 spiro atoms. The van der Waals surface area contributed by atoms with E-state index in [-0.39, 0.29) is 17.5 Å². The second-order valence-electron chi connectivity index (χ2n) is 6.24. The molecule has 1 N–H and O–H groups in total. The summed E-state index contributed by atoms with van der Waals surface area (Å²) < 4.78 is 1.34. The van der Waals surface area contributed by atoms with Gasteiger partial charge in [-0.15, -0.1) is 0 Å². The van der Waals surface area contributed by atoms with Crippen LogP contribution in [0.3, 0.4) is 0 Å². The maximum atomic E-state index is 12.7. The minimum atomic E-state index is -0.234. The zero-order valence-corrected chi connectivity index (χ0v) is 13.5. The summed E-state index contributed by atoms with van der Waals surface area (Å²) in [6.07, 6.45) is 2.26. The van der Waals surface area contributed by atoms with Crippen LogP contribution in [0.5, 0.6) is 0 Å². The molecule has 1 aliphatic rings. The first-order chi connectivity index (χ1) is 11.5. The van der Waals surface area contributed by atoms with Gasteiger partial charge in [0.2, 0.25) is 0 Å². The lowest BCUT2D eigenvalue weighted by molar-refractivity contribution is 0.0726. The number of nitrogens with zero attached hydrogens (tertiary/aromatic N) is 4. The molecule has 3 aromatic heterocycles. The summed E-state index contributed by atoms with van der Waals surface area (Å²) in [5.41, 5.74) is 2.77. The van der Waals surface area contributed by atoms with Gasteiger partial charge in [-0.2, -0.15) is 9.61 Å². The molecule has 0 radical (unpaired) electrons. The number of rotatable bonds is 3. The van der Waals surface area contributed by atoms with Crippen molar-refractivity contribution in [3.8, 4) is 0 Å². The molecule has 1 aliphatic heterocycles. The number of fused-ring (bicyclic) bond motifs is 2. The van der Waals surface area contributed by atoms with Crippen molar-refractivity contribution in [1.82, 2.24) is 24.5 Å². The van der Waals surface area contributed by atoms with E-state index in [4.69, 9.17) is 0 Å². The van der Waals surface area contributed by atoms with Gasteiger partial charge < -0.3 is 9.88 Å². The van der Waals surface area contributed by atoms with Gasteiger partial charge in [0, 0.05) is 30.4 Å². The lowest BCUT2D eigenvalue weighted by Gasteiger charge is -2.19. The summed E-state index contributed by atoms with van der Waals surface area (Å²) in [6.45, 7) is 4.20. The number of aromatic nitrogens is 4. The Hall–Kier alpha value is -2.96. The quantitative estimate of drug-likeness (QED) is 0.789. The molecule has 24 heavy (non-hydrogen) atoms. The zero-order chi connectivity index (χ0) is 16.8. The van der Waals surface area contributed by atoms with E-state index in [1.165, 1.54) is 4.52 Å². The fourth-order valence-electron chi connectivity index (χ4n) is 3.02. The molecule has 7 nitrogen and oxygen atoms in total. The van der Waals surface area contributed by atoms with Gasteiger partial charge in [0.25, 0.3) is 11.5 Å². The van der Waals surface area contributed by atoms with Crippen molar-refractivity contribution in [3.63, 3.8) is 0 Å². The van der Waals surface area contributed by atoms with Crippen molar-refractivity contribution in [3.05, 3.63) is 63.5 Å². The number of carbonyl (C=O) groups is 1. The second-order valence-corrected chi connectivity index (χ2v) is 6.24. The van der Waals surface area contributed by atoms with Gasteiger partial charge in [-0.3, -0.25) is 14.6 Å². The van der Waals surface area contributed by atoms with E-state index in [0.29, 0.717) is 29.9 Å². The molecule has 122 valence electrons. The highest BCUT2D eigenvalue weighted by Crippen LogP contribution is 2.21. The molecule has 0 aliphatic carbocycles. The van der Waals surface area contributed by atoms with E-state index < -0.39 is 0 Å². The van der Waals surface area contributed by atoms with Crippen molar-refractivity contribution in [2.24, 2.45) is 0 Å². The molecule has 0 saturated heterocycles. The van der Waals surface area contributed by atoms with E-state index in [1.807, 2.05) is 32.0 Å². The van der Waals surface area contributed by atoms with Crippen LogP contribution in [0.25, 0.3) is 5.65 Å². The lowest BCUT2D eigenvalue weighted by atomic mass is 10.2. The molecule has 0 aromatic carbocycles. The van der Waals surface area contributed by atoms with Crippen LogP contribution in [0.15, 0.2) is 35.3 Å². The van der Waals surface area contributed by atoms with Crippen LogP contribution in [0.4, 0.5) is 0 Å². The average Bonchev–Trinajstić information content (AvgIpc) is 3.11. The highest BCUT2D eigenvalue weighted by Gasteiger charge is 2.33. The average molecular weight is 323 g/mol. The molecule has 0 bridgehead atoms. The van der Waals surface area contributed by atoms with E-state index in [1.54, 1.807) is 17.2 Å². The predicted molar refractivity (Wildman–Crippen MR) is 87.9 cm³/mol. The first-order valence-corrected chi connectivity index (χ1v) is 7.89. The number of carbonyl (C=O) groups excluding carboxylic acids is 1. The number of hydrogen-bond acceptors (Lipinski definition) is 4. The third kappa shape index (κ3) is 2.20. The van der Waals surface area contributed by atoms with Crippen molar-refractivity contribution in [2.45, 2.75) is 32.9 Å². The summed E-state index contributed by atoms with van der Waals surface area (Å²) in [7, 11) is 0. The summed E-state index contributed by atoms with van der Waals surface area (Å²) in [5.74, 6) is -0.132. The summed E-state index contributed by atoms with van der Waals surface area (Å²) in [6, 6.07) is 7.52. The van der Waals surface area contributed by atoms with Gasteiger partial charge in [0.05, 0.1) is 17.8 Å². The third-order valence-electron chi connectivity index (χ3n) is 4.28. The Balaban J connectivity index is 1.77. The minimum Gasteiger partial charge on any atom is -0.335 e. The Labute approximate surface area is 138 Å². The fraction of sp³-hybridized carbons (Fsp3) is 0.294. The Bertz CT molecular complexity index is 987. The molecule has 0 atom stereocenters. The van der Waals surface area contributed by atoms with Crippen molar-refractivity contribution in [2.75, 3.05) is 0 Å². The van der Waals surface area contributed by atoms with Crippen molar-refractivity contribution < 1.29 is 4.79 Å². The second kappa shape index (κ2) is 5.30. The predicted octanol–water partition coefficient (Wildman–Crippen LogP) is 1.37. The number of pyridine rings is 1. The number of aromatic amines is 1. The molecule has 4 heterocycles. The summed E-state index contributed by atoms with van der Waals surface area (Å²) >= 11 is 0. The fourth-order valence-corrected chi connectivity index (χ4v) is 3.02. The Morgan fingerprint density at radius 1 is 1.25 bits per heavy atom. The normalized spacial score (nSPS) is 14.0. The van der Waals surface area contributed by atoms with Crippen LogP contribution in [0.1, 0.15) is 41.3 Å². The first kappa shape index (κ1) is 14.6. The SMILES string of the molecule is CC(C)N1Cc2c([nH]c3cc(Cc4ccccn4)nn3c2=O)C1=O. The Morgan fingerprint density at radius 3 is 2.79 bits per heavy atom. The standard InChI is InChI=1S/C17H17N5O2/c1-10(2)21-9-13-15(17(21)24)19-14-8-12(20-22(14)16(13)23)7-11-5-3-4-6-18-11/h3-6,8,10,19H,7,9H2,1-2H3. The van der Waals surface area contributed by atoms with Gasteiger partial charge >= 0.3 is 0 Å². The molecule has 1 amide bonds. The molecule has 4 rings (SSSR count). The molecule has 7 heteroatoms. The highest BCUT2D eigenvalue weighted by atomic mass is 16.2. The van der Waals surface area contributed by atoms with E-state index in [0.717, 1.165) is 11.4 Å². The highest BCUT2D eigenvalue weighted by molar-refractivity contribution is 5.96. The van der Waals surface area contributed by atoms with Gasteiger partial charge in [0.15, 0.2) is 0 Å². The van der Waals surface area contributed by atoms with E-state index in [2.05, 4.69) is 15.1 Å². The maximum Gasteiger partial charge on any atom is 0.280 e. The number of amides is 1. The number of H-pyrrole nitrogens is 1. The Morgan fingerprint density at radius 2 is 2.08 bits per heavy atom. The molecule has 3 aromatic rings. The maximum absolute atomic E-state index is 12.7. The smallest absolute Gasteiger partial charge is 0.280 e. The van der Waals surface area contributed by atoms with Crippen LogP contribution >= 0.6 is 0 Å². The minimum absolute atomic E-state index is 0.0461. The topological polar surface area (TPSA) is 83.4 Å². The van der Waals surface area contributed by atoms with Crippen LogP contribution in [0, 0.1) is 0 Å². The largest absolute Gasteiger partial charge is 0.335 e. The van der Waals surface area contributed by atoms with Crippen LogP contribution < -0.4 is 5.56 Å². The van der Waals surface area contributed by atoms with Crippen LogP contribution in [0.2, 0.25) is 0 Å². The Kier molecular flexibility index (Phi) is 3.23. The van der Waals surface area contributed by atoms with Crippen molar-refractivity contribution >= 4 is 11.6 Å². The zero-order valence-electron chi connectivity index (χ0n) is 13.5. The van der Waals surface area contributed by atoms with Gasteiger partial charge in [-0.05, 0) is 26.0 Å². The summed E-state index contributed by atoms with van der Waals surface area (Å²) in [4.78, 5) is 34.2. The molecular weight excluding hydrogens is 306 g/mol. The molecule has 0 fully saturated rings. The number of nitrogens with one attached hydrogen (secondary N) is 1. The third-order valence-corrected chi connectivity index (χ3v) is 4.28. The summed E-state index contributed by atoms with van der Waals surface area (Å²) in [5, 5.41) is 4.38. The van der Waals surface area contributed by atoms with Crippen LogP contribution in [-0.2, 0) is 13.0 Å². The molecule has 0 unspecified atom stereocenters. The number of hydrogen-bond donors (Lipinski definition) is 1. The monoisotopic (exact) mass is 323 g/mol. The lowest BCUT2D eigenvalue weighted by Crippen LogP contribution is -2.31. The molecule has 0 saturated carbocycles. The van der Waals surface area contributed by atoms with Gasteiger partial charge in [-0.1, -0.05) is 6.07 Å². The van der Waals surface area contributed by atoms with E-state index in [9.17, 15) is 9.59 Å². The van der Waals surface area contributed by atoms with Crippen molar-refractivity contribution in [1.29, 1.82) is 0 Å².